The molecule has 0 saturated carbocycles. The van der Waals surface area contributed by atoms with E-state index in [1.165, 1.54) is 8.71 Å². The highest BCUT2D eigenvalue weighted by atomic mass is 35.5. The number of sulfonamides is 1. The molecule has 0 unspecified atom stereocenters. The summed E-state index contributed by atoms with van der Waals surface area (Å²) >= 11 is 6.12. The van der Waals surface area contributed by atoms with Gasteiger partial charge in [0.2, 0.25) is 0 Å². The molecule has 0 radical (unpaired) electrons. The number of hydrogen-bond acceptors (Lipinski definition) is 5. The second kappa shape index (κ2) is 6.80. The molecule has 0 N–H and O–H groups in total. The number of halogens is 1. The van der Waals surface area contributed by atoms with Crippen molar-refractivity contribution in [3.63, 3.8) is 0 Å². The molecule has 26 heavy (non-hydrogen) atoms. The Balaban J connectivity index is 1.53. The van der Waals surface area contributed by atoms with Crippen LogP contribution < -0.4 is 0 Å². The number of rotatable bonds is 3. The summed E-state index contributed by atoms with van der Waals surface area (Å²) in [7, 11) is -3.81. The molecule has 0 aromatic carbocycles. The first-order valence-electron chi connectivity index (χ1n) is 8.51. The number of pyridine rings is 1. The Kier molecular flexibility index (Phi) is 4.64. The number of hydrogen-bond donors (Lipinski definition) is 0. The van der Waals surface area contributed by atoms with Gasteiger partial charge in [0, 0.05) is 39.0 Å². The molecule has 4 rings (SSSR count). The van der Waals surface area contributed by atoms with Gasteiger partial charge in [-0.1, -0.05) is 17.7 Å². The molecule has 2 saturated heterocycles. The van der Waals surface area contributed by atoms with E-state index in [-0.39, 0.29) is 35.3 Å². The number of aromatic nitrogens is 2. The second-order valence-corrected chi connectivity index (χ2v) is 8.58. The number of imidazole rings is 1. The fourth-order valence-corrected chi connectivity index (χ4v) is 5.44. The Morgan fingerprint density at radius 1 is 1.23 bits per heavy atom. The van der Waals surface area contributed by atoms with Gasteiger partial charge in [-0.3, -0.25) is 9.20 Å². The zero-order valence-electron chi connectivity index (χ0n) is 14.0. The van der Waals surface area contributed by atoms with Crippen LogP contribution in [-0.4, -0.2) is 71.8 Å². The zero-order chi connectivity index (χ0) is 18.3. The average molecular weight is 399 g/mol. The molecule has 0 aliphatic carbocycles. The van der Waals surface area contributed by atoms with Crippen molar-refractivity contribution in [3.8, 4) is 0 Å². The molecule has 140 valence electrons. The monoisotopic (exact) mass is 398 g/mol. The minimum atomic E-state index is -3.81. The van der Waals surface area contributed by atoms with Gasteiger partial charge < -0.3 is 9.64 Å². The Morgan fingerprint density at radius 2 is 2.00 bits per heavy atom. The summed E-state index contributed by atoms with van der Waals surface area (Å²) in [6.07, 6.45) is 2.86. The third kappa shape index (κ3) is 2.98. The zero-order valence-corrected chi connectivity index (χ0v) is 15.6. The van der Waals surface area contributed by atoms with Gasteiger partial charge in [-0.2, -0.15) is 4.31 Å². The highest BCUT2D eigenvalue weighted by molar-refractivity contribution is 7.89. The van der Waals surface area contributed by atoms with E-state index in [0.717, 1.165) is 12.8 Å². The maximum Gasteiger partial charge on any atom is 0.262 e. The Morgan fingerprint density at radius 3 is 2.69 bits per heavy atom. The van der Waals surface area contributed by atoms with Gasteiger partial charge >= 0.3 is 0 Å². The molecular weight excluding hydrogens is 380 g/mol. The summed E-state index contributed by atoms with van der Waals surface area (Å²) in [4.78, 5) is 18.2. The van der Waals surface area contributed by atoms with E-state index in [4.69, 9.17) is 16.3 Å². The largest absolute Gasteiger partial charge is 0.368 e. The molecule has 1 amide bonds. The summed E-state index contributed by atoms with van der Waals surface area (Å²) in [6.45, 7) is 1.73. The van der Waals surface area contributed by atoms with E-state index < -0.39 is 10.0 Å². The first-order valence-corrected chi connectivity index (χ1v) is 10.3. The van der Waals surface area contributed by atoms with Crippen molar-refractivity contribution >= 4 is 33.2 Å². The van der Waals surface area contributed by atoms with Crippen molar-refractivity contribution < 1.29 is 17.9 Å². The predicted octanol–water partition coefficient (Wildman–Crippen LogP) is 1.000. The van der Waals surface area contributed by atoms with Crippen LogP contribution in [0.15, 0.2) is 29.4 Å². The quantitative estimate of drug-likeness (QED) is 0.770. The molecule has 2 aromatic rings. The molecule has 0 spiro atoms. The lowest BCUT2D eigenvalue weighted by molar-refractivity contribution is -0.142. The van der Waals surface area contributed by atoms with Crippen molar-refractivity contribution in [1.82, 2.24) is 18.6 Å². The Hall–Kier alpha value is -1.68. The van der Waals surface area contributed by atoms with E-state index in [2.05, 4.69) is 4.98 Å². The van der Waals surface area contributed by atoms with Crippen molar-refractivity contribution in [2.24, 2.45) is 0 Å². The molecule has 0 bridgehead atoms. The fraction of sp³-hybridized carbons (Fsp3) is 0.500. The average Bonchev–Trinajstić information content (AvgIpc) is 3.28. The van der Waals surface area contributed by atoms with Gasteiger partial charge in [0.15, 0.2) is 10.2 Å². The van der Waals surface area contributed by atoms with E-state index in [9.17, 15) is 13.2 Å². The van der Waals surface area contributed by atoms with Crippen LogP contribution in [0.1, 0.15) is 12.8 Å². The fourth-order valence-electron chi connectivity index (χ4n) is 3.42. The van der Waals surface area contributed by atoms with E-state index >= 15 is 0 Å². The minimum Gasteiger partial charge on any atom is -0.368 e. The molecule has 10 heteroatoms. The number of carbonyl (C=O) groups excluding carboxylic acids is 1. The maximum atomic E-state index is 13.1. The topological polar surface area (TPSA) is 84.2 Å². The van der Waals surface area contributed by atoms with Gasteiger partial charge in [0.25, 0.3) is 15.9 Å². The van der Waals surface area contributed by atoms with Gasteiger partial charge in [0.05, 0.1) is 0 Å². The van der Waals surface area contributed by atoms with Crippen molar-refractivity contribution in [2.75, 3.05) is 32.8 Å². The summed E-state index contributed by atoms with van der Waals surface area (Å²) in [5.74, 6) is -0.0487. The van der Waals surface area contributed by atoms with Crippen LogP contribution >= 0.6 is 11.6 Å². The van der Waals surface area contributed by atoms with Crippen LogP contribution in [0.4, 0.5) is 0 Å². The third-order valence-electron chi connectivity index (χ3n) is 4.79. The van der Waals surface area contributed by atoms with Crippen molar-refractivity contribution in [1.29, 1.82) is 0 Å². The summed E-state index contributed by atoms with van der Waals surface area (Å²) in [5.41, 5.74) is 0.475. The highest BCUT2D eigenvalue weighted by Crippen LogP contribution is 2.26. The Bertz CT molecular complexity index is 931. The lowest BCUT2D eigenvalue weighted by atomic mass is 10.2. The minimum absolute atomic E-state index is 0.0336. The molecule has 2 aliphatic rings. The molecule has 1 atom stereocenters. The predicted molar refractivity (Wildman–Crippen MR) is 94.5 cm³/mol. The van der Waals surface area contributed by atoms with Crippen LogP contribution in [0.3, 0.4) is 0 Å². The number of nitrogens with zero attached hydrogens (tertiary/aromatic N) is 4. The lowest BCUT2D eigenvalue weighted by Gasteiger charge is -2.34. The normalized spacial score (nSPS) is 22.2. The lowest BCUT2D eigenvalue weighted by Crippen LogP contribution is -2.52. The van der Waals surface area contributed by atoms with Gasteiger partial charge in [-0.25, -0.2) is 13.4 Å². The number of ether oxygens (including phenoxy) is 1. The van der Waals surface area contributed by atoms with Gasteiger partial charge in [-0.05, 0) is 25.0 Å². The van der Waals surface area contributed by atoms with E-state index in [1.807, 2.05) is 0 Å². The van der Waals surface area contributed by atoms with Crippen LogP contribution in [-0.2, 0) is 19.6 Å². The van der Waals surface area contributed by atoms with Crippen LogP contribution in [0.25, 0.3) is 5.65 Å². The van der Waals surface area contributed by atoms with Gasteiger partial charge in [-0.15, -0.1) is 0 Å². The van der Waals surface area contributed by atoms with E-state index in [1.54, 1.807) is 29.3 Å². The maximum absolute atomic E-state index is 13.1. The summed E-state index contributed by atoms with van der Waals surface area (Å²) in [5, 5.41) is -0.0808. The first kappa shape index (κ1) is 17.7. The summed E-state index contributed by atoms with van der Waals surface area (Å²) in [6, 6.07) is 5.19. The standard InChI is InChI=1S/C16H19ClN4O4S/c17-14-16(21-6-2-1-5-13(21)18-14)26(23,24)20-9-7-19(8-10-20)15(22)12-4-3-11-25-12/h1-2,5-6,12H,3-4,7-11H2/t12-/m1/s1. The Labute approximate surface area is 156 Å². The molecule has 4 heterocycles. The van der Waals surface area contributed by atoms with Crippen LogP contribution in [0.2, 0.25) is 5.15 Å². The number of fused-ring (bicyclic) bond motifs is 1. The smallest absolute Gasteiger partial charge is 0.262 e. The number of amides is 1. The van der Waals surface area contributed by atoms with Crippen LogP contribution in [0.5, 0.6) is 0 Å². The molecular formula is C16H19ClN4O4S. The van der Waals surface area contributed by atoms with Crippen molar-refractivity contribution in [2.45, 2.75) is 24.0 Å². The van der Waals surface area contributed by atoms with Crippen molar-refractivity contribution in [3.05, 3.63) is 29.5 Å². The van der Waals surface area contributed by atoms with Crippen LogP contribution in [0, 0.1) is 0 Å². The summed E-state index contributed by atoms with van der Waals surface area (Å²) < 4.78 is 34.4. The van der Waals surface area contributed by atoms with Gasteiger partial charge in [0.1, 0.15) is 11.8 Å². The highest BCUT2D eigenvalue weighted by Gasteiger charge is 2.36. The SMILES string of the molecule is O=C([C@H]1CCCO1)N1CCN(S(=O)(=O)c2c(Cl)nc3ccccn23)CC1. The third-order valence-corrected chi connectivity index (χ3v) is 7.09. The second-order valence-electron chi connectivity index (χ2n) is 6.37. The molecule has 2 aliphatic heterocycles. The molecule has 2 aromatic heterocycles. The first-order chi connectivity index (χ1) is 12.5. The number of carbonyl (C=O) groups is 1. The van der Waals surface area contributed by atoms with E-state index in [0.29, 0.717) is 25.3 Å². The number of piperazine rings is 1. The molecule has 2 fully saturated rings. The molecule has 8 nitrogen and oxygen atoms in total.